The molecule has 2 N–H and O–H groups in total. The molecule has 0 saturated heterocycles. The Labute approximate surface area is 124 Å². The Bertz CT molecular complexity index is 668. The summed E-state index contributed by atoms with van der Waals surface area (Å²) in [5, 5.41) is 5.70. The van der Waals surface area contributed by atoms with Gasteiger partial charge in [-0.2, -0.15) is 0 Å². The number of para-hydroxylation sites is 1. The summed E-state index contributed by atoms with van der Waals surface area (Å²) in [4.78, 5) is 12.3. The molecule has 0 aliphatic heterocycles. The molecule has 2 aromatic rings. The van der Waals surface area contributed by atoms with Crippen LogP contribution in [0.15, 0.2) is 36.4 Å². The van der Waals surface area contributed by atoms with E-state index < -0.39 is 5.82 Å². The molecule has 0 aromatic heterocycles. The zero-order chi connectivity index (χ0) is 15.4. The van der Waals surface area contributed by atoms with Gasteiger partial charge in [-0.15, -0.1) is 0 Å². The number of aryl methyl sites for hydroxylation is 2. The van der Waals surface area contributed by atoms with Gasteiger partial charge in [-0.05, 0) is 56.2 Å². The fraction of sp³-hybridized carbons (Fsp3) is 0.235. The first-order chi connectivity index (χ1) is 10.0. The molecule has 0 aliphatic carbocycles. The van der Waals surface area contributed by atoms with Crippen LogP contribution in [0.3, 0.4) is 0 Å². The standard InChI is InChI=1S/C17H19FN2O/c1-4-19-16-14(6-5-7-15(16)18)17(21)20-13-9-8-11(2)12(3)10-13/h5-10,19H,4H2,1-3H3,(H,20,21). The van der Waals surface area contributed by atoms with Crippen LogP contribution in [0.4, 0.5) is 15.8 Å². The largest absolute Gasteiger partial charge is 0.382 e. The van der Waals surface area contributed by atoms with Gasteiger partial charge in [0.2, 0.25) is 0 Å². The number of anilines is 2. The molecule has 3 nitrogen and oxygen atoms in total. The van der Waals surface area contributed by atoms with Crippen molar-refractivity contribution in [2.75, 3.05) is 17.2 Å². The van der Waals surface area contributed by atoms with Crippen LogP contribution in [-0.2, 0) is 0 Å². The van der Waals surface area contributed by atoms with Crippen LogP contribution in [0.25, 0.3) is 0 Å². The Balaban J connectivity index is 2.28. The van der Waals surface area contributed by atoms with E-state index in [9.17, 15) is 9.18 Å². The topological polar surface area (TPSA) is 41.1 Å². The number of amides is 1. The molecule has 0 unspecified atom stereocenters. The maximum atomic E-state index is 13.8. The van der Waals surface area contributed by atoms with Crippen molar-refractivity contribution in [1.29, 1.82) is 0 Å². The maximum Gasteiger partial charge on any atom is 0.257 e. The van der Waals surface area contributed by atoms with Crippen molar-refractivity contribution in [1.82, 2.24) is 0 Å². The van der Waals surface area contributed by atoms with E-state index >= 15 is 0 Å². The van der Waals surface area contributed by atoms with Gasteiger partial charge in [0.05, 0.1) is 11.3 Å². The predicted octanol–water partition coefficient (Wildman–Crippen LogP) is 4.13. The number of nitrogens with one attached hydrogen (secondary N) is 2. The second-order valence-corrected chi connectivity index (χ2v) is 4.95. The summed E-state index contributed by atoms with van der Waals surface area (Å²) in [6, 6.07) is 10.2. The lowest BCUT2D eigenvalue weighted by Gasteiger charge is -2.12. The number of hydrogen-bond donors (Lipinski definition) is 2. The van der Waals surface area contributed by atoms with Gasteiger partial charge in [0, 0.05) is 12.2 Å². The molecule has 0 heterocycles. The number of carbonyl (C=O) groups is 1. The Morgan fingerprint density at radius 2 is 1.90 bits per heavy atom. The average Bonchev–Trinajstić information content (AvgIpc) is 2.45. The van der Waals surface area contributed by atoms with Crippen molar-refractivity contribution in [2.45, 2.75) is 20.8 Å². The third kappa shape index (κ3) is 3.40. The van der Waals surface area contributed by atoms with Crippen LogP contribution in [0.1, 0.15) is 28.4 Å². The van der Waals surface area contributed by atoms with Crippen molar-refractivity contribution in [3.63, 3.8) is 0 Å². The van der Waals surface area contributed by atoms with Gasteiger partial charge in [0.15, 0.2) is 0 Å². The lowest BCUT2D eigenvalue weighted by molar-refractivity contribution is 0.102. The SMILES string of the molecule is CCNc1c(F)cccc1C(=O)Nc1ccc(C)c(C)c1. The van der Waals surface area contributed by atoms with E-state index in [0.29, 0.717) is 17.8 Å². The monoisotopic (exact) mass is 286 g/mol. The highest BCUT2D eigenvalue weighted by atomic mass is 19.1. The van der Waals surface area contributed by atoms with Crippen LogP contribution < -0.4 is 10.6 Å². The Morgan fingerprint density at radius 1 is 1.14 bits per heavy atom. The van der Waals surface area contributed by atoms with Crippen LogP contribution in [0.2, 0.25) is 0 Å². The van der Waals surface area contributed by atoms with E-state index in [1.165, 1.54) is 12.1 Å². The van der Waals surface area contributed by atoms with Gasteiger partial charge >= 0.3 is 0 Å². The molecule has 4 heteroatoms. The quantitative estimate of drug-likeness (QED) is 0.887. The smallest absolute Gasteiger partial charge is 0.257 e. The van der Waals surface area contributed by atoms with Crippen molar-refractivity contribution in [3.8, 4) is 0 Å². The summed E-state index contributed by atoms with van der Waals surface area (Å²) in [6.07, 6.45) is 0. The first-order valence-electron chi connectivity index (χ1n) is 6.94. The Morgan fingerprint density at radius 3 is 2.57 bits per heavy atom. The van der Waals surface area contributed by atoms with Crippen molar-refractivity contribution >= 4 is 17.3 Å². The highest BCUT2D eigenvalue weighted by molar-refractivity contribution is 6.08. The van der Waals surface area contributed by atoms with Crippen molar-refractivity contribution < 1.29 is 9.18 Å². The highest BCUT2D eigenvalue weighted by Gasteiger charge is 2.14. The molecule has 0 atom stereocenters. The predicted molar refractivity (Wildman–Crippen MR) is 84.4 cm³/mol. The van der Waals surface area contributed by atoms with E-state index in [1.807, 2.05) is 39.0 Å². The third-order valence-electron chi connectivity index (χ3n) is 3.38. The fourth-order valence-electron chi connectivity index (χ4n) is 2.09. The van der Waals surface area contributed by atoms with Gasteiger partial charge in [0.25, 0.3) is 5.91 Å². The molecule has 0 bridgehead atoms. The molecule has 0 aliphatic rings. The highest BCUT2D eigenvalue weighted by Crippen LogP contribution is 2.22. The summed E-state index contributed by atoms with van der Waals surface area (Å²) in [7, 11) is 0. The molecular formula is C17H19FN2O. The molecular weight excluding hydrogens is 267 g/mol. The number of halogens is 1. The molecule has 21 heavy (non-hydrogen) atoms. The second-order valence-electron chi connectivity index (χ2n) is 4.95. The van der Waals surface area contributed by atoms with Crippen LogP contribution >= 0.6 is 0 Å². The lowest BCUT2D eigenvalue weighted by atomic mass is 10.1. The van der Waals surface area contributed by atoms with Gasteiger partial charge in [0.1, 0.15) is 5.82 Å². The Kier molecular flexibility index (Phi) is 4.58. The summed E-state index contributed by atoms with van der Waals surface area (Å²) in [5.41, 5.74) is 3.50. The molecule has 0 spiro atoms. The molecule has 0 saturated carbocycles. The number of rotatable bonds is 4. The summed E-state index contributed by atoms with van der Waals surface area (Å²) in [5.74, 6) is -0.752. The average molecular weight is 286 g/mol. The normalized spacial score (nSPS) is 10.3. The maximum absolute atomic E-state index is 13.8. The minimum Gasteiger partial charge on any atom is -0.382 e. The number of hydrogen-bond acceptors (Lipinski definition) is 2. The van der Waals surface area contributed by atoms with Gasteiger partial charge < -0.3 is 10.6 Å². The van der Waals surface area contributed by atoms with E-state index in [-0.39, 0.29) is 11.6 Å². The number of carbonyl (C=O) groups excluding carboxylic acids is 1. The second kappa shape index (κ2) is 6.39. The molecule has 0 fully saturated rings. The van der Waals surface area contributed by atoms with Crippen LogP contribution in [0.5, 0.6) is 0 Å². The van der Waals surface area contributed by atoms with Crippen molar-refractivity contribution in [2.24, 2.45) is 0 Å². The zero-order valence-electron chi connectivity index (χ0n) is 12.5. The molecule has 1 amide bonds. The van der Waals surface area contributed by atoms with E-state index in [4.69, 9.17) is 0 Å². The van der Waals surface area contributed by atoms with E-state index in [0.717, 1.165) is 11.1 Å². The summed E-state index contributed by atoms with van der Waals surface area (Å²) < 4.78 is 13.8. The summed E-state index contributed by atoms with van der Waals surface area (Å²) in [6.45, 7) is 6.40. The fourth-order valence-corrected chi connectivity index (χ4v) is 2.09. The molecule has 2 rings (SSSR count). The van der Waals surface area contributed by atoms with E-state index in [1.54, 1.807) is 6.07 Å². The zero-order valence-corrected chi connectivity index (χ0v) is 12.5. The first-order valence-corrected chi connectivity index (χ1v) is 6.94. The minimum atomic E-state index is -0.426. The van der Waals surface area contributed by atoms with Crippen LogP contribution in [0, 0.1) is 19.7 Å². The Hall–Kier alpha value is -2.36. The molecule has 2 aromatic carbocycles. The van der Waals surface area contributed by atoms with Gasteiger partial charge in [-0.3, -0.25) is 4.79 Å². The minimum absolute atomic E-state index is 0.237. The molecule has 0 radical (unpaired) electrons. The van der Waals surface area contributed by atoms with E-state index in [2.05, 4.69) is 10.6 Å². The summed E-state index contributed by atoms with van der Waals surface area (Å²) >= 11 is 0. The van der Waals surface area contributed by atoms with Crippen LogP contribution in [-0.4, -0.2) is 12.5 Å². The third-order valence-corrected chi connectivity index (χ3v) is 3.38. The molecule has 110 valence electrons. The van der Waals surface area contributed by atoms with Crippen molar-refractivity contribution in [3.05, 3.63) is 58.9 Å². The van der Waals surface area contributed by atoms with Gasteiger partial charge in [-0.25, -0.2) is 4.39 Å². The number of benzene rings is 2. The van der Waals surface area contributed by atoms with Gasteiger partial charge in [-0.1, -0.05) is 12.1 Å². The lowest BCUT2D eigenvalue weighted by Crippen LogP contribution is -2.16. The first kappa shape index (κ1) is 15.0.